The average Bonchev–Trinajstić information content (AvgIpc) is 2.50. The monoisotopic (exact) mass is 288 g/mol. The highest BCUT2D eigenvalue weighted by Crippen LogP contribution is 2.21. The second-order valence-electron chi connectivity index (χ2n) is 4.59. The molecular formula is C16H17FN2O2. The lowest BCUT2D eigenvalue weighted by Gasteiger charge is -2.08. The van der Waals surface area contributed by atoms with Crippen molar-refractivity contribution in [2.24, 2.45) is 5.73 Å². The number of carbonyl (C=O) groups is 1. The third-order valence-electron chi connectivity index (χ3n) is 3.06. The van der Waals surface area contributed by atoms with Crippen LogP contribution in [0.4, 0.5) is 10.1 Å². The van der Waals surface area contributed by atoms with Crippen LogP contribution < -0.4 is 15.8 Å². The van der Waals surface area contributed by atoms with Gasteiger partial charge in [-0.15, -0.1) is 0 Å². The van der Waals surface area contributed by atoms with Crippen molar-refractivity contribution in [1.29, 1.82) is 0 Å². The number of nitrogens with two attached hydrogens (primary N) is 1. The Labute approximate surface area is 122 Å². The van der Waals surface area contributed by atoms with Gasteiger partial charge in [0.1, 0.15) is 0 Å². The zero-order chi connectivity index (χ0) is 15.2. The first-order chi connectivity index (χ1) is 10.1. The summed E-state index contributed by atoms with van der Waals surface area (Å²) in [5, 5.41) is 2.71. The maximum Gasteiger partial charge on any atom is 0.228 e. The maximum atomic E-state index is 13.3. The lowest BCUT2D eigenvalue weighted by molar-refractivity contribution is -0.115. The van der Waals surface area contributed by atoms with Gasteiger partial charge >= 0.3 is 0 Å². The van der Waals surface area contributed by atoms with Crippen molar-refractivity contribution in [3.05, 3.63) is 59.4 Å². The molecule has 0 spiro atoms. The fraction of sp³-hybridized carbons (Fsp3) is 0.188. The Morgan fingerprint density at radius 1 is 1.19 bits per heavy atom. The molecule has 1 amide bonds. The standard InChI is InChI=1S/C16H17FN2O2/c1-21-15-9-13(6-7-14(15)17)19-16(20)8-11-2-4-12(10-18)5-3-11/h2-7,9H,8,10,18H2,1H3,(H,19,20). The topological polar surface area (TPSA) is 64.3 Å². The number of anilines is 1. The highest BCUT2D eigenvalue weighted by Gasteiger charge is 2.07. The van der Waals surface area contributed by atoms with Gasteiger partial charge in [-0.1, -0.05) is 24.3 Å². The van der Waals surface area contributed by atoms with Gasteiger partial charge in [-0.2, -0.15) is 0 Å². The van der Waals surface area contributed by atoms with Crippen LogP contribution in [0.15, 0.2) is 42.5 Å². The number of hydrogen-bond donors (Lipinski definition) is 2. The largest absolute Gasteiger partial charge is 0.494 e. The predicted octanol–water partition coefficient (Wildman–Crippen LogP) is 2.47. The van der Waals surface area contributed by atoms with Gasteiger partial charge in [0.05, 0.1) is 13.5 Å². The molecule has 2 aromatic carbocycles. The van der Waals surface area contributed by atoms with E-state index in [9.17, 15) is 9.18 Å². The smallest absolute Gasteiger partial charge is 0.228 e. The molecule has 5 heteroatoms. The van der Waals surface area contributed by atoms with Gasteiger partial charge in [-0.3, -0.25) is 4.79 Å². The fourth-order valence-corrected chi connectivity index (χ4v) is 1.92. The zero-order valence-corrected chi connectivity index (χ0v) is 11.7. The van der Waals surface area contributed by atoms with Gasteiger partial charge in [0.15, 0.2) is 11.6 Å². The summed E-state index contributed by atoms with van der Waals surface area (Å²) in [6, 6.07) is 11.7. The SMILES string of the molecule is COc1cc(NC(=O)Cc2ccc(CN)cc2)ccc1F. The van der Waals surface area contributed by atoms with Gasteiger partial charge in [0.25, 0.3) is 0 Å². The first-order valence-electron chi connectivity index (χ1n) is 6.53. The average molecular weight is 288 g/mol. The summed E-state index contributed by atoms with van der Waals surface area (Å²) in [5.41, 5.74) is 7.92. The minimum absolute atomic E-state index is 0.0973. The molecule has 2 aromatic rings. The van der Waals surface area contributed by atoms with Gasteiger partial charge in [-0.25, -0.2) is 4.39 Å². The Hall–Kier alpha value is -2.40. The molecule has 0 aliphatic rings. The molecule has 0 aliphatic heterocycles. The summed E-state index contributed by atoms with van der Waals surface area (Å²) < 4.78 is 18.2. The molecule has 21 heavy (non-hydrogen) atoms. The highest BCUT2D eigenvalue weighted by atomic mass is 19.1. The van der Waals surface area contributed by atoms with Crippen molar-refractivity contribution in [2.75, 3.05) is 12.4 Å². The Kier molecular flexibility index (Phi) is 4.90. The summed E-state index contributed by atoms with van der Waals surface area (Å²) in [4.78, 5) is 12.0. The van der Waals surface area contributed by atoms with Gasteiger partial charge in [-0.05, 0) is 23.3 Å². The molecule has 0 aliphatic carbocycles. The van der Waals surface area contributed by atoms with Crippen molar-refractivity contribution in [3.63, 3.8) is 0 Å². The van der Waals surface area contributed by atoms with E-state index in [0.29, 0.717) is 12.2 Å². The van der Waals surface area contributed by atoms with Crippen molar-refractivity contribution in [1.82, 2.24) is 0 Å². The second kappa shape index (κ2) is 6.85. The van der Waals surface area contributed by atoms with E-state index in [2.05, 4.69) is 5.32 Å². The molecule has 0 bridgehead atoms. The lowest BCUT2D eigenvalue weighted by atomic mass is 10.1. The molecule has 0 unspecified atom stereocenters. The Balaban J connectivity index is 2.00. The first-order valence-corrected chi connectivity index (χ1v) is 6.53. The van der Waals surface area contributed by atoms with Crippen LogP contribution in [-0.2, 0) is 17.8 Å². The van der Waals surface area contributed by atoms with E-state index in [1.165, 1.54) is 25.3 Å². The predicted molar refractivity (Wildman–Crippen MR) is 79.6 cm³/mol. The summed E-state index contributed by atoms with van der Waals surface area (Å²) in [6.45, 7) is 0.474. The van der Waals surface area contributed by atoms with Crippen molar-refractivity contribution >= 4 is 11.6 Å². The minimum Gasteiger partial charge on any atom is -0.494 e. The van der Waals surface area contributed by atoms with E-state index in [4.69, 9.17) is 10.5 Å². The normalized spacial score (nSPS) is 10.2. The molecule has 0 fully saturated rings. The number of nitrogens with one attached hydrogen (secondary N) is 1. The number of carbonyl (C=O) groups excluding carboxylic acids is 1. The van der Waals surface area contributed by atoms with Crippen LogP contribution in [0.1, 0.15) is 11.1 Å². The molecule has 0 radical (unpaired) electrons. The van der Waals surface area contributed by atoms with E-state index in [1.54, 1.807) is 0 Å². The van der Waals surface area contributed by atoms with E-state index in [0.717, 1.165) is 11.1 Å². The molecule has 0 heterocycles. The van der Waals surface area contributed by atoms with Crippen molar-refractivity contribution in [2.45, 2.75) is 13.0 Å². The summed E-state index contributed by atoms with van der Waals surface area (Å²) >= 11 is 0. The molecule has 0 atom stereocenters. The second-order valence-corrected chi connectivity index (χ2v) is 4.59. The molecule has 110 valence electrons. The van der Waals surface area contributed by atoms with Gasteiger partial charge in [0.2, 0.25) is 5.91 Å². The van der Waals surface area contributed by atoms with Crippen molar-refractivity contribution in [3.8, 4) is 5.75 Å². The summed E-state index contributed by atoms with van der Waals surface area (Å²) in [7, 11) is 1.38. The van der Waals surface area contributed by atoms with Crippen LogP contribution in [0.2, 0.25) is 0 Å². The Morgan fingerprint density at radius 3 is 2.48 bits per heavy atom. The summed E-state index contributed by atoms with van der Waals surface area (Å²) in [5.74, 6) is -0.544. The van der Waals surface area contributed by atoms with Crippen LogP contribution in [0, 0.1) is 5.82 Å². The molecule has 2 rings (SSSR count). The number of methoxy groups -OCH3 is 1. The van der Waals surface area contributed by atoms with Crippen LogP contribution in [-0.4, -0.2) is 13.0 Å². The third kappa shape index (κ3) is 4.03. The molecule has 4 nitrogen and oxygen atoms in total. The van der Waals surface area contributed by atoms with E-state index >= 15 is 0 Å². The van der Waals surface area contributed by atoms with Crippen LogP contribution in [0.3, 0.4) is 0 Å². The fourth-order valence-electron chi connectivity index (χ4n) is 1.92. The van der Waals surface area contributed by atoms with Crippen molar-refractivity contribution < 1.29 is 13.9 Å². The molecule has 0 aromatic heterocycles. The quantitative estimate of drug-likeness (QED) is 0.888. The number of halogens is 1. The number of benzene rings is 2. The third-order valence-corrected chi connectivity index (χ3v) is 3.06. The lowest BCUT2D eigenvalue weighted by Crippen LogP contribution is -2.14. The maximum absolute atomic E-state index is 13.3. The minimum atomic E-state index is -0.465. The zero-order valence-electron chi connectivity index (χ0n) is 11.7. The number of amides is 1. The van der Waals surface area contributed by atoms with Crippen LogP contribution in [0.25, 0.3) is 0 Å². The molecule has 0 saturated heterocycles. The van der Waals surface area contributed by atoms with Crippen LogP contribution in [0.5, 0.6) is 5.75 Å². The molecular weight excluding hydrogens is 271 g/mol. The van der Waals surface area contributed by atoms with Crippen LogP contribution >= 0.6 is 0 Å². The van der Waals surface area contributed by atoms with E-state index < -0.39 is 5.82 Å². The number of ether oxygens (including phenoxy) is 1. The number of hydrogen-bond acceptors (Lipinski definition) is 3. The van der Waals surface area contributed by atoms with E-state index in [-0.39, 0.29) is 18.1 Å². The molecule has 0 saturated carbocycles. The Bertz CT molecular complexity index is 627. The first kappa shape index (κ1) is 15.0. The Morgan fingerprint density at radius 2 is 1.86 bits per heavy atom. The molecule has 3 N–H and O–H groups in total. The van der Waals surface area contributed by atoms with E-state index in [1.807, 2.05) is 24.3 Å². The highest BCUT2D eigenvalue weighted by molar-refractivity contribution is 5.92. The van der Waals surface area contributed by atoms with Gasteiger partial charge in [0, 0.05) is 18.3 Å². The number of rotatable bonds is 5. The summed E-state index contributed by atoms with van der Waals surface area (Å²) in [6.07, 6.45) is 0.241. The van der Waals surface area contributed by atoms with Gasteiger partial charge < -0.3 is 15.8 Å².